The molecule has 0 fully saturated rings. The quantitative estimate of drug-likeness (QED) is 0.545. The fourth-order valence-electron chi connectivity index (χ4n) is 1.56. The SMILES string of the molecule is C=CCNCC(=O)NCc1cc(OC)ccc1OC. The Labute approximate surface area is 113 Å². The number of carbonyl (C=O) groups excluding carboxylic acids is 1. The van der Waals surface area contributed by atoms with Crippen LogP contribution in [0.2, 0.25) is 0 Å². The summed E-state index contributed by atoms with van der Waals surface area (Å²) in [7, 11) is 3.20. The molecule has 1 aromatic rings. The van der Waals surface area contributed by atoms with Crippen LogP contribution < -0.4 is 20.1 Å². The van der Waals surface area contributed by atoms with Gasteiger partial charge in [0.1, 0.15) is 11.5 Å². The van der Waals surface area contributed by atoms with Gasteiger partial charge < -0.3 is 20.1 Å². The van der Waals surface area contributed by atoms with Crippen LogP contribution in [-0.2, 0) is 11.3 Å². The Morgan fingerprint density at radius 2 is 2.16 bits per heavy atom. The van der Waals surface area contributed by atoms with Crippen LogP contribution in [0.1, 0.15) is 5.56 Å². The van der Waals surface area contributed by atoms with Gasteiger partial charge in [-0.2, -0.15) is 0 Å². The van der Waals surface area contributed by atoms with Crippen molar-refractivity contribution in [3.63, 3.8) is 0 Å². The average molecular weight is 264 g/mol. The Hall–Kier alpha value is -2.01. The molecule has 0 unspecified atom stereocenters. The summed E-state index contributed by atoms with van der Waals surface area (Å²) >= 11 is 0. The second-order valence-electron chi connectivity index (χ2n) is 3.87. The van der Waals surface area contributed by atoms with E-state index in [9.17, 15) is 4.79 Å². The first-order valence-corrected chi connectivity index (χ1v) is 6.00. The van der Waals surface area contributed by atoms with E-state index >= 15 is 0 Å². The van der Waals surface area contributed by atoms with E-state index in [1.165, 1.54) is 0 Å². The highest BCUT2D eigenvalue weighted by molar-refractivity contribution is 5.78. The van der Waals surface area contributed by atoms with Crippen molar-refractivity contribution in [3.8, 4) is 11.5 Å². The molecular formula is C14H20N2O3. The number of amides is 1. The van der Waals surface area contributed by atoms with Crippen molar-refractivity contribution >= 4 is 5.91 Å². The molecule has 0 radical (unpaired) electrons. The monoisotopic (exact) mass is 264 g/mol. The number of methoxy groups -OCH3 is 2. The summed E-state index contributed by atoms with van der Waals surface area (Å²) in [5.74, 6) is 1.38. The summed E-state index contributed by atoms with van der Waals surface area (Å²) in [5.41, 5.74) is 0.874. The second-order valence-corrected chi connectivity index (χ2v) is 3.87. The minimum Gasteiger partial charge on any atom is -0.497 e. The van der Waals surface area contributed by atoms with Crippen molar-refractivity contribution in [1.29, 1.82) is 0 Å². The molecule has 19 heavy (non-hydrogen) atoms. The van der Waals surface area contributed by atoms with Gasteiger partial charge in [-0.1, -0.05) is 6.08 Å². The van der Waals surface area contributed by atoms with Gasteiger partial charge in [-0.15, -0.1) is 6.58 Å². The van der Waals surface area contributed by atoms with Crippen molar-refractivity contribution in [2.45, 2.75) is 6.54 Å². The van der Waals surface area contributed by atoms with Gasteiger partial charge in [0.2, 0.25) is 5.91 Å². The van der Waals surface area contributed by atoms with Gasteiger partial charge in [-0.05, 0) is 18.2 Å². The maximum atomic E-state index is 11.6. The van der Waals surface area contributed by atoms with E-state index in [0.29, 0.717) is 13.1 Å². The number of hydrogen-bond donors (Lipinski definition) is 2. The summed E-state index contributed by atoms with van der Waals surface area (Å²) in [6.07, 6.45) is 1.71. The highest BCUT2D eigenvalue weighted by Gasteiger charge is 2.06. The third kappa shape index (κ3) is 5.01. The maximum Gasteiger partial charge on any atom is 0.234 e. The molecule has 0 bridgehead atoms. The summed E-state index contributed by atoms with van der Waals surface area (Å²) in [4.78, 5) is 11.6. The number of carbonyl (C=O) groups is 1. The number of nitrogens with one attached hydrogen (secondary N) is 2. The van der Waals surface area contributed by atoms with Gasteiger partial charge in [0, 0.05) is 18.7 Å². The number of rotatable bonds is 8. The molecule has 0 saturated carbocycles. The van der Waals surface area contributed by atoms with Crippen LogP contribution in [0.15, 0.2) is 30.9 Å². The lowest BCUT2D eigenvalue weighted by Gasteiger charge is -2.11. The van der Waals surface area contributed by atoms with Gasteiger partial charge in [0.25, 0.3) is 0 Å². The van der Waals surface area contributed by atoms with Crippen molar-refractivity contribution in [2.75, 3.05) is 27.3 Å². The highest BCUT2D eigenvalue weighted by atomic mass is 16.5. The molecule has 104 valence electrons. The third-order valence-corrected chi connectivity index (χ3v) is 2.54. The van der Waals surface area contributed by atoms with Crippen LogP contribution in [-0.4, -0.2) is 33.2 Å². The first kappa shape index (κ1) is 15.0. The van der Waals surface area contributed by atoms with Crippen molar-refractivity contribution in [3.05, 3.63) is 36.4 Å². The van der Waals surface area contributed by atoms with Gasteiger partial charge in [-0.3, -0.25) is 4.79 Å². The second kappa shape index (κ2) is 8.16. The van der Waals surface area contributed by atoms with Gasteiger partial charge in [0.05, 0.1) is 20.8 Å². The lowest BCUT2D eigenvalue weighted by atomic mass is 10.2. The van der Waals surface area contributed by atoms with Crippen molar-refractivity contribution < 1.29 is 14.3 Å². The Balaban J connectivity index is 2.55. The van der Waals surface area contributed by atoms with Crippen molar-refractivity contribution in [1.82, 2.24) is 10.6 Å². The zero-order valence-corrected chi connectivity index (χ0v) is 11.4. The molecule has 0 aliphatic carbocycles. The minimum absolute atomic E-state index is 0.0771. The standard InChI is InChI=1S/C14H20N2O3/c1-4-7-15-10-14(17)16-9-11-8-12(18-2)5-6-13(11)19-3/h4-6,8,15H,1,7,9-10H2,2-3H3,(H,16,17). The number of benzene rings is 1. The van der Waals surface area contributed by atoms with E-state index in [-0.39, 0.29) is 12.5 Å². The minimum atomic E-state index is -0.0771. The average Bonchev–Trinajstić information content (AvgIpc) is 2.45. The molecule has 0 atom stereocenters. The molecule has 0 spiro atoms. The molecule has 5 heteroatoms. The molecule has 1 rings (SSSR count). The van der Waals surface area contributed by atoms with E-state index in [4.69, 9.17) is 9.47 Å². The molecule has 2 N–H and O–H groups in total. The summed E-state index contributed by atoms with van der Waals surface area (Å²) in [5, 5.41) is 5.75. The van der Waals surface area contributed by atoms with E-state index in [0.717, 1.165) is 17.1 Å². The van der Waals surface area contributed by atoms with E-state index in [1.807, 2.05) is 18.2 Å². The molecule has 0 aliphatic rings. The molecule has 1 aromatic carbocycles. The highest BCUT2D eigenvalue weighted by Crippen LogP contribution is 2.23. The van der Waals surface area contributed by atoms with Crippen LogP contribution in [0.5, 0.6) is 11.5 Å². The van der Waals surface area contributed by atoms with E-state index in [1.54, 1.807) is 20.3 Å². The normalized spacial score (nSPS) is 9.79. The zero-order chi connectivity index (χ0) is 14.1. The first-order valence-electron chi connectivity index (χ1n) is 6.00. The molecule has 0 heterocycles. The van der Waals surface area contributed by atoms with Crippen LogP contribution >= 0.6 is 0 Å². The zero-order valence-electron chi connectivity index (χ0n) is 11.4. The van der Waals surface area contributed by atoms with Gasteiger partial charge >= 0.3 is 0 Å². The Bertz CT molecular complexity index is 433. The lowest BCUT2D eigenvalue weighted by molar-refractivity contribution is -0.120. The van der Waals surface area contributed by atoms with Crippen LogP contribution in [0.25, 0.3) is 0 Å². The summed E-state index contributed by atoms with van der Waals surface area (Å²) in [6, 6.07) is 5.47. The van der Waals surface area contributed by atoms with Gasteiger partial charge in [-0.25, -0.2) is 0 Å². The number of hydrogen-bond acceptors (Lipinski definition) is 4. The van der Waals surface area contributed by atoms with Crippen molar-refractivity contribution in [2.24, 2.45) is 0 Å². The summed E-state index contributed by atoms with van der Waals surface area (Å²) in [6.45, 7) is 4.84. The Morgan fingerprint density at radius 1 is 1.37 bits per heavy atom. The predicted octanol–water partition coefficient (Wildman–Crippen LogP) is 1.10. The molecule has 0 saturated heterocycles. The summed E-state index contributed by atoms with van der Waals surface area (Å²) < 4.78 is 10.4. The van der Waals surface area contributed by atoms with E-state index < -0.39 is 0 Å². The molecule has 1 amide bonds. The Kier molecular flexibility index (Phi) is 6.46. The Morgan fingerprint density at radius 3 is 2.79 bits per heavy atom. The maximum absolute atomic E-state index is 11.6. The first-order chi connectivity index (χ1) is 9.21. The predicted molar refractivity (Wildman–Crippen MR) is 74.5 cm³/mol. The molecule has 5 nitrogen and oxygen atoms in total. The molecular weight excluding hydrogens is 244 g/mol. The van der Waals surface area contributed by atoms with Gasteiger partial charge in [0.15, 0.2) is 0 Å². The van der Waals surface area contributed by atoms with E-state index in [2.05, 4.69) is 17.2 Å². The molecule has 0 aromatic heterocycles. The third-order valence-electron chi connectivity index (χ3n) is 2.54. The van der Waals surface area contributed by atoms with Crippen LogP contribution in [0.4, 0.5) is 0 Å². The fraction of sp³-hybridized carbons (Fsp3) is 0.357. The molecule has 0 aliphatic heterocycles. The fourth-order valence-corrected chi connectivity index (χ4v) is 1.56. The largest absolute Gasteiger partial charge is 0.497 e. The number of ether oxygens (including phenoxy) is 2. The van der Waals surface area contributed by atoms with Crippen LogP contribution in [0, 0.1) is 0 Å². The topological polar surface area (TPSA) is 59.6 Å². The lowest BCUT2D eigenvalue weighted by Crippen LogP contribution is -2.33. The van der Waals surface area contributed by atoms with Crippen LogP contribution in [0.3, 0.4) is 0 Å². The smallest absolute Gasteiger partial charge is 0.234 e.